The molecule has 1 fully saturated rings. The average molecular weight is 393 g/mol. The first-order valence-corrected chi connectivity index (χ1v) is 9.94. The second kappa shape index (κ2) is 7.28. The van der Waals surface area contributed by atoms with Gasteiger partial charge in [0.05, 0.1) is 25.5 Å². The molecule has 2 aromatic carbocycles. The van der Waals surface area contributed by atoms with Crippen molar-refractivity contribution in [3.63, 3.8) is 0 Å². The Morgan fingerprint density at radius 2 is 2.07 bits per heavy atom. The van der Waals surface area contributed by atoms with Crippen molar-refractivity contribution in [2.75, 3.05) is 20.2 Å². The van der Waals surface area contributed by atoms with E-state index in [9.17, 15) is 4.39 Å². The Morgan fingerprint density at radius 3 is 2.93 bits per heavy atom. The number of imidazole rings is 1. The number of ether oxygens (including phenoxy) is 2. The quantitative estimate of drug-likeness (QED) is 0.675. The molecular weight excluding hydrogens is 369 g/mol. The molecule has 3 aromatic rings. The van der Waals surface area contributed by atoms with Gasteiger partial charge in [0.15, 0.2) is 0 Å². The highest BCUT2D eigenvalue weighted by atomic mass is 19.1. The standard InChI is InChI=1S/C23H24FN3O2/c1-28-20-7-3-5-18(11-20)21-12-25-22-14-29-23(16-27(21)22)8-9-26(15-23)13-17-4-2-6-19(24)10-17/h2-7,10-12H,8-9,13-16H2,1H3/t23-/m1/s1. The third-order valence-corrected chi connectivity index (χ3v) is 5.95. The van der Waals surface area contributed by atoms with Crippen LogP contribution in [0.1, 0.15) is 17.8 Å². The summed E-state index contributed by atoms with van der Waals surface area (Å²) >= 11 is 0. The first-order chi connectivity index (χ1) is 14.1. The average Bonchev–Trinajstić information content (AvgIpc) is 3.32. The number of fused-ring (bicyclic) bond motifs is 1. The molecule has 0 N–H and O–H groups in total. The van der Waals surface area contributed by atoms with Crippen LogP contribution in [0.4, 0.5) is 4.39 Å². The van der Waals surface area contributed by atoms with Crippen LogP contribution < -0.4 is 4.74 Å². The van der Waals surface area contributed by atoms with E-state index in [4.69, 9.17) is 9.47 Å². The Balaban J connectivity index is 1.36. The molecule has 6 heteroatoms. The zero-order valence-corrected chi connectivity index (χ0v) is 16.5. The van der Waals surface area contributed by atoms with Gasteiger partial charge < -0.3 is 14.0 Å². The van der Waals surface area contributed by atoms with Crippen LogP contribution in [0.5, 0.6) is 5.75 Å². The van der Waals surface area contributed by atoms with Gasteiger partial charge in [-0.25, -0.2) is 9.37 Å². The first kappa shape index (κ1) is 18.3. The number of aromatic nitrogens is 2. The fraction of sp³-hybridized carbons (Fsp3) is 0.348. The number of hydrogen-bond donors (Lipinski definition) is 0. The molecule has 0 amide bonds. The van der Waals surface area contributed by atoms with Crippen molar-refractivity contribution in [2.24, 2.45) is 0 Å². The van der Waals surface area contributed by atoms with Gasteiger partial charge in [0, 0.05) is 25.2 Å². The first-order valence-electron chi connectivity index (χ1n) is 9.94. The van der Waals surface area contributed by atoms with Crippen molar-refractivity contribution in [2.45, 2.75) is 31.7 Å². The lowest BCUT2D eigenvalue weighted by molar-refractivity contribution is -0.0821. The van der Waals surface area contributed by atoms with Gasteiger partial charge in [0.1, 0.15) is 29.6 Å². The molecule has 2 aliphatic heterocycles. The molecule has 0 aliphatic carbocycles. The SMILES string of the molecule is COc1cccc(-c2cnc3n2C[C@]2(CCN(Cc4cccc(F)c4)C2)OC3)c1. The predicted molar refractivity (Wildman–Crippen MR) is 108 cm³/mol. The molecule has 0 saturated carbocycles. The normalized spacial score (nSPS) is 21.4. The molecule has 3 heterocycles. The van der Waals surface area contributed by atoms with E-state index >= 15 is 0 Å². The molecule has 1 atom stereocenters. The van der Waals surface area contributed by atoms with Crippen molar-refractivity contribution in [1.29, 1.82) is 0 Å². The Morgan fingerprint density at radius 1 is 1.17 bits per heavy atom. The van der Waals surface area contributed by atoms with Crippen LogP contribution in [0.25, 0.3) is 11.3 Å². The molecule has 0 radical (unpaired) electrons. The fourth-order valence-electron chi connectivity index (χ4n) is 4.47. The lowest BCUT2D eigenvalue weighted by Crippen LogP contribution is -2.44. The van der Waals surface area contributed by atoms with Crippen LogP contribution in [0, 0.1) is 5.82 Å². The van der Waals surface area contributed by atoms with E-state index in [1.807, 2.05) is 30.5 Å². The molecule has 1 spiro atoms. The zero-order chi connectivity index (χ0) is 19.8. The highest BCUT2D eigenvalue weighted by Gasteiger charge is 2.43. The van der Waals surface area contributed by atoms with Gasteiger partial charge in [-0.2, -0.15) is 0 Å². The van der Waals surface area contributed by atoms with E-state index in [-0.39, 0.29) is 11.4 Å². The van der Waals surface area contributed by atoms with E-state index in [0.29, 0.717) is 6.61 Å². The molecule has 1 saturated heterocycles. The molecule has 2 aliphatic rings. The van der Waals surface area contributed by atoms with E-state index in [0.717, 1.165) is 61.0 Å². The zero-order valence-electron chi connectivity index (χ0n) is 16.5. The molecule has 5 nitrogen and oxygen atoms in total. The summed E-state index contributed by atoms with van der Waals surface area (Å²) in [6.45, 7) is 3.79. The maximum atomic E-state index is 13.5. The molecule has 29 heavy (non-hydrogen) atoms. The lowest BCUT2D eigenvalue weighted by atomic mass is 10.0. The largest absolute Gasteiger partial charge is 0.497 e. The molecule has 1 aromatic heterocycles. The molecule has 0 unspecified atom stereocenters. The van der Waals surface area contributed by atoms with Crippen LogP contribution in [0.3, 0.4) is 0 Å². The Labute approximate surface area is 169 Å². The van der Waals surface area contributed by atoms with Gasteiger partial charge in [-0.05, 0) is 36.2 Å². The molecular formula is C23H24FN3O2. The van der Waals surface area contributed by atoms with Crippen molar-refractivity contribution < 1.29 is 13.9 Å². The summed E-state index contributed by atoms with van der Waals surface area (Å²) in [5, 5.41) is 0. The summed E-state index contributed by atoms with van der Waals surface area (Å²) in [5.41, 5.74) is 2.95. The van der Waals surface area contributed by atoms with Crippen molar-refractivity contribution in [3.05, 3.63) is 71.9 Å². The number of rotatable bonds is 4. The number of benzene rings is 2. The minimum absolute atomic E-state index is 0.184. The Kier molecular flexibility index (Phi) is 4.60. The minimum atomic E-state index is -0.228. The van der Waals surface area contributed by atoms with Gasteiger partial charge >= 0.3 is 0 Å². The Hall–Kier alpha value is -2.70. The van der Waals surface area contributed by atoms with Crippen LogP contribution >= 0.6 is 0 Å². The fourth-order valence-corrected chi connectivity index (χ4v) is 4.47. The van der Waals surface area contributed by atoms with Crippen LogP contribution in [0.15, 0.2) is 54.7 Å². The van der Waals surface area contributed by atoms with Crippen molar-refractivity contribution in [3.8, 4) is 17.0 Å². The van der Waals surface area contributed by atoms with E-state index in [1.165, 1.54) is 6.07 Å². The van der Waals surface area contributed by atoms with Crippen molar-refractivity contribution >= 4 is 0 Å². The topological polar surface area (TPSA) is 39.5 Å². The summed E-state index contributed by atoms with van der Waals surface area (Å²) < 4.78 is 27.5. The van der Waals surface area contributed by atoms with Gasteiger partial charge in [-0.1, -0.05) is 24.3 Å². The summed E-state index contributed by atoms with van der Waals surface area (Å²) in [4.78, 5) is 6.93. The monoisotopic (exact) mass is 393 g/mol. The Bertz CT molecular complexity index is 1030. The third kappa shape index (κ3) is 3.54. The van der Waals surface area contributed by atoms with Crippen LogP contribution in [-0.2, 0) is 24.4 Å². The summed E-state index contributed by atoms with van der Waals surface area (Å²) in [5.74, 6) is 1.61. The van der Waals surface area contributed by atoms with E-state index < -0.39 is 0 Å². The van der Waals surface area contributed by atoms with Gasteiger partial charge in [-0.15, -0.1) is 0 Å². The molecule has 0 bridgehead atoms. The minimum Gasteiger partial charge on any atom is -0.497 e. The second-order valence-corrected chi connectivity index (χ2v) is 7.94. The summed E-state index contributed by atoms with van der Waals surface area (Å²) in [6.07, 6.45) is 2.88. The smallest absolute Gasteiger partial charge is 0.135 e. The van der Waals surface area contributed by atoms with Gasteiger partial charge in [-0.3, -0.25) is 4.90 Å². The number of halogens is 1. The van der Waals surface area contributed by atoms with Gasteiger partial charge in [0.25, 0.3) is 0 Å². The third-order valence-electron chi connectivity index (χ3n) is 5.95. The highest BCUT2D eigenvalue weighted by molar-refractivity contribution is 5.61. The van der Waals surface area contributed by atoms with E-state index in [2.05, 4.69) is 20.5 Å². The van der Waals surface area contributed by atoms with Crippen LogP contribution in [-0.4, -0.2) is 40.3 Å². The number of nitrogens with zero attached hydrogens (tertiary/aromatic N) is 3. The number of hydrogen-bond acceptors (Lipinski definition) is 4. The number of likely N-dealkylation sites (tertiary alicyclic amines) is 1. The van der Waals surface area contributed by atoms with Crippen LogP contribution in [0.2, 0.25) is 0 Å². The lowest BCUT2D eigenvalue weighted by Gasteiger charge is -2.35. The van der Waals surface area contributed by atoms with Crippen molar-refractivity contribution in [1.82, 2.24) is 14.5 Å². The summed E-state index contributed by atoms with van der Waals surface area (Å²) in [6, 6.07) is 14.9. The van der Waals surface area contributed by atoms with Gasteiger partial charge in [0.2, 0.25) is 0 Å². The number of methoxy groups -OCH3 is 1. The van der Waals surface area contributed by atoms with E-state index in [1.54, 1.807) is 19.2 Å². The summed E-state index contributed by atoms with van der Waals surface area (Å²) in [7, 11) is 1.68. The molecule has 150 valence electrons. The second-order valence-electron chi connectivity index (χ2n) is 7.94. The molecule has 5 rings (SSSR count). The maximum Gasteiger partial charge on any atom is 0.135 e. The highest BCUT2D eigenvalue weighted by Crippen LogP contribution is 2.36. The predicted octanol–water partition coefficient (Wildman–Crippen LogP) is 3.87. The maximum absolute atomic E-state index is 13.5.